The van der Waals surface area contributed by atoms with Gasteiger partial charge in [0.05, 0.1) is 5.92 Å². The van der Waals surface area contributed by atoms with Gasteiger partial charge in [-0.2, -0.15) is 0 Å². The zero-order chi connectivity index (χ0) is 15.4. The Morgan fingerprint density at radius 3 is 2.00 bits per heavy atom. The van der Waals surface area contributed by atoms with E-state index in [-0.39, 0.29) is 23.9 Å². The maximum absolute atomic E-state index is 12.2. The van der Waals surface area contributed by atoms with E-state index in [1.165, 1.54) is 19.3 Å². The Bertz CT molecular complexity index is 397. The van der Waals surface area contributed by atoms with Crippen molar-refractivity contribution in [3.63, 3.8) is 0 Å². The number of rotatable bonds is 3. The molecule has 0 aromatic carbocycles. The number of nitrogens with zero attached hydrogens (tertiary/aromatic N) is 1. The molecule has 3 amide bonds. The number of hydrogen-bond donors (Lipinski definition) is 3. The summed E-state index contributed by atoms with van der Waals surface area (Å²) in [6.07, 6.45) is 7.69. The maximum Gasteiger partial charge on any atom is 0.315 e. The van der Waals surface area contributed by atoms with Crippen molar-refractivity contribution in [2.24, 2.45) is 5.92 Å². The first-order chi connectivity index (χ1) is 10.7. The van der Waals surface area contributed by atoms with E-state index in [1.54, 1.807) is 0 Å². The Morgan fingerprint density at radius 2 is 1.45 bits per heavy atom. The minimum absolute atomic E-state index is 0.0279. The molecule has 0 aromatic rings. The lowest BCUT2D eigenvalue weighted by Gasteiger charge is -2.37. The van der Waals surface area contributed by atoms with Crippen LogP contribution in [0, 0.1) is 5.92 Å². The molecule has 0 atom stereocenters. The zero-order valence-electron chi connectivity index (χ0n) is 13.3. The predicted octanol–water partition coefficient (Wildman–Crippen LogP) is 0.829. The first kappa shape index (κ1) is 15.6. The molecular formula is C16H28N4O2. The van der Waals surface area contributed by atoms with Gasteiger partial charge in [0.15, 0.2) is 0 Å². The van der Waals surface area contributed by atoms with Gasteiger partial charge in [-0.25, -0.2) is 4.79 Å². The van der Waals surface area contributed by atoms with Crippen LogP contribution in [0.5, 0.6) is 0 Å². The molecule has 3 aliphatic rings. The van der Waals surface area contributed by atoms with Crippen LogP contribution in [-0.2, 0) is 4.79 Å². The Hall–Kier alpha value is -1.30. The summed E-state index contributed by atoms with van der Waals surface area (Å²) in [7, 11) is 0. The number of carbonyl (C=O) groups is 2. The normalized spacial score (nSPS) is 24.6. The summed E-state index contributed by atoms with van der Waals surface area (Å²) < 4.78 is 0. The second-order valence-corrected chi connectivity index (χ2v) is 6.91. The predicted molar refractivity (Wildman–Crippen MR) is 84.5 cm³/mol. The van der Waals surface area contributed by atoms with Gasteiger partial charge >= 0.3 is 6.03 Å². The molecule has 6 nitrogen and oxygen atoms in total. The van der Waals surface area contributed by atoms with Crippen LogP contribution in [0.2, 0.25) is 0 Å². The molecule has 3 rings (SSSR count). The highest BCUT2D eigenvalue weighted by atomic mass is 16.2. The Kier molecular flexibility index (Phi) is 5.18. The van der Waals surface area contributed by atoms with E-state index in [0.717, 1.165) is 51.9 Å². The number of amides is 3. The van der Waals surface area contributed by atoms with Crippen LogP contribution >= 0.6 is 0 Å². The van der Waals surface area contributed by atoms with Crippen molar-refractivity contribution in [3.8, 4) is 0 Å². The van der Waals surface area contributed by atoms with Crippen LogP contribution < -0.4 is 16.0 Å². The average molecular weight is 308 g/mol. The van der Waals surface area contributed by atoms with Crippen molar-refractivity contribution < 1.29 is 9.59 Å². The van der Waals surface area contributed by atoms with Crippen molar-refractivity contribution in [1.82, 2.24) is 20.9 Å². The van der Waals surface area contributed by atoms with E-state index in [2.05, 4.69) is 16.0 Å². The molecule has 124 valence electrons. The molecule has 1 aliphatic carbocycles. The van der Waals surface area contributed by atoms with Gasteiger partial charge in [-0.05, 0) is 25.7 Å². The van der Waals surface area contributed by atoms with Gasteiger partial charge in [0, 0.05) is 38.3 Å². The summed E-state index contributed by atoms with van der Waals surface area (Å²) >= 11 is 0. The zero-order valence-corrected chi connectivity index (χ0v) is 13.3. The van der Waals surface area contributed by atoms with Gasteiger partial charge in [0.1, 0.15) is 0 Å². The summed E-state index contributed by atoms with van der Waals surface area (Å²) in [5.74, 6) is 0.461. The fourth-order valence-electron chi connectivity index (χ4n) is 3.63. The third-order valence-electron chi connectivity index (χ3n) is 5.21. The lowest BCUT2D eigenvalue weighted by Crippen LogP contribution is -2.55. The average Bonchev–Trinajstić information content (AvgIpc) is 2.47. The fourth-order valence-corrected chi connectivity index (χ4v) is 3.63. The largest absolute Gasteiger partial charge is 0.342 e. The third kappa shape index (κ3) is 3.91. The molecule has 22 heavy (non-hydrogen) atoms. The van der Waals surface area contributed by atoms with Crippen molar-refractivity contribution in [3.05, 3.63) is 0 Å². The highest BCUT2D eigenvalue weighted by molar-refractivity contribution is 5.80. The third-order valence-corrected chi connectivity index (χ3v) is 5.21. The number of likely N-dealkylation sites (tertiary alicyclic amines) is 1. The minimum Gasteiger partial charge on any atom is -0.342 e. The summed E-state index contributed by atoms with van der Waals surface area (Å²) in [5, 5.41) is 9.32. The van der Waals surface area contributed by atoms with Crippen molar-refractivity contribution in [2.75, 3.05) is 26.2 Å². The summed E-state index contributed by atoms with van der Waals surface area (Å²) in [6, 6.07) is 0.522. The summed E-state index contributed by atoms with van der Waals surface area (Å²) in [6.45, 7) is 3.18. The minimum atomic E-state index is -0.0279. The lowest BCUT2D eigenvalue weighted by atomic mass is 9.95. The maximum atomic E-state index is 12.2. The standard InChI is InChI=1S/C16H28N4O2/c21-15(12-10-17-11-12)20-8-6-14(7-9-20)19-16(22)18-13-4-2-1-3-5-13/h12-14,17H,1-11H2,(H2,18,19,22). The van der Waals surface area contributed by atoms with Crippen molar-refractivity contribution in [2.45, 2.75) is 57.0 Å². The van der Waals surface area contributed by atoms with Crippen LogP contribution in [0.1, 0.15) is 44.9 Å². The molecule has 0 spiro atoms. The summed E-state index contributed by atoms with van der Waals surface area (Å²) in [5.41, 5.74) is 0. The van der Waals surface area contributed by atoms with Crippen molar-refractivity contribution >= 4 is 11.9 Å². The second-order valence-electron chi connectivity index (χ2n) is 6.91. The number of urea groups is 1. The second kappa shape index (κ2) is 7.31. The Morgan fingerprint density at radius 1 is 0.864 bits per heavy atom. The van der Waals surface area contributed by atoms with Gasteiger partial charge < -0.3 is 20.9 Å². The quantitative estimate of drug-likeness (QED) is 0.723. The highest BCUT2D eigenvalue weighted by Crippen LogP contribution is 2.18. The molecule has 0 aromatic heterocycles. The molecule has 2 aliphatic heterocycles. The highest BCUT2D eigenvalue weighted by Gasteiger charge is 2.31. The van der Waals surface area contributed by atoms with Gasteiger partial charge in [0.25, 0.3) is 0 Å². The van der Waals surface area contributed by atoms with E-state index < -0.39 is 0 Å². The first-order valence-electron chi connectivity index (χ1n) is 8.79. The molecule has 0 bridgehead atoms. The van der Waals surface area contributed by atoms with Gasteiger partial charge in [-0.15, -0.1) is 0 Å². The van der Waals surface area contributed by atoms with Crippen molar-refractivity contribution in [1.29, 1.82) is 0 Å². The molecule has 1 saturated carbocycles. The molecule has 2 saturated heterocycles. The molecule has 3 fully saturated rings. The molecule has 3 N–H and O–H groups in total. The van der Waals surface area contributed by atoms with Crippen LogP contribution in [0.15, 0.2) is 0 Å². The SMILES string of the molecule is O=C(NC1CCCCC1)NC1CCN(C(=O)C2CNC2)CC1. The first-order valence-corrected chi connectivity index (χ1v) is 8.79. The van der Waals surface area contributed by atoms with E-state index in [4.69, 9.17) is 0 Å². The molecule has 6 heteroatoms. The van der Waals surface area contributed by atoms with E-state index in [1.807, 2.05) is 4.90 Å². The topological polar surface area (TPSA) is 73.5 Å². The lowest BCUT2D eigenvalue weighted by molar-refractivity contribution is -0.138. The van der Waals surface area contributed by atoms with Gasteiger partial charge in [-0.3, -0.25) is 4.79 Å². The number of hydrogen-bond acceptors (Lipinski definition) is 3. The number of carbonyl (C=O) groups excluding carboxylic acids is 2. The monoisotopic (exact) mass is 308 g/mol. The van der Waals surface area contributed by atoms with Crippen LogP contribution in [0.3, 0.4) is 0 Å². The van der Waals surface area contributed by atoms with Crippen LogP contribution in [-0.4, -0.2) is 55.1 Å². The van der Waals surface area contributed by atoms with E-state index >= 15 is 0 Å². The molecular weight excluding hydrogens is 280 g/mol. The molecule has 0 radical (unpaired) electrons. The Labute approximate surface area is 132 Å². The fraction of sp³-hybridized carbons (Fsp3) is 0.875. The molecule has 2 heterocycles. The molecule has 0 unspecified atom stereocenters. The van der Waals surface area contributed by atoms with Crippen LogP contribution in [0.4, 0.5) is 4.79 Å². The Balaban J connectivity index is 1.36. The van der Waals surface area contributed by atoms with Gasteiger partial charge in [-0.1, -0.05) is 19.3 Å². The van der Waals surface area contributed by atoms with E-state index in [9.17, 15) is 9.59 Å². The number of nitrogens with one attached hydrogen (secondary N) is 3. The van der Waals surface area contributed by atoms with Gasteiger partial charge in [0.2, 0.25) is 5.91 Å². The smallest absolute Gasteiger partial charge is 0.315 e. The van der Waals surface area contributed by atoms with Crippen LogP contribution in [0.25, 0.3) is 0 Å². The summed E-state index contributed by atoms with van der Waals surface area (Å²) in [4.78, 5) is 26.2. The number of piperidine rings is 1. The van der Waals surface area contributed by atoms with E-state index in [0.29, 0.717) is 6.04 Å².